The number of fused-ring (bicyclic) bond motifs is 1. The molecule has 314 valence electrons. The molecule has 0 radical (unpaired) electrons. The molecular weight excluding hydrogens is 807 g/mol. The fourth-order valence-corrected chi connectivity index (χ4v) is 8.11. The average Bonchev–Trinajstić information content (AvgIpc) is 3.82. The van der Waals surface area contributed by atoms with Crippen LogP contribution in [-0.4, -0.2) is 73.9 Å². The van der Waals surface area contributed by atoms with E-state index in [4.69, 9.17) is 15.2 Å². The molecule has 3 amide bonds. The fraction of sp³-hybridized carbons (Fsp3) is 0.512. The summed E-state index contributed by atoms with van der Waals surface area (Å²) in [7, 11) is 1.26. The molecule has 15 heteroatoms. The number of hydrogen-bond acceptors (Lipinski definition) is 6. The lowest BCUT2D eigenvalue weighted by atomic mass is 9.96. The lowest BCUT2D eigenvalue weighted by Gasteiger charge is -2.30. The van der Waals surface area contributed by atoms with Crippen LogP contribution in [0.25, 0.3) is 22.3 Å². The quantitative estimate of drug-likeness (QED) is 0.156. The Morgan fingerprint density at radius 3 is 1.98 bits per heavy atom. The standard InChI is InChI=1S/C43H51N7O4.4H2S/c1-25(2)27(5)39(51)49-23-43(17-18-43)21-35(49)38-45-31-14-11-29(19-32(31)46-38)8-7-28-9-12-30(13-10-28)33-22-44-37(47-33)34-20-42(15-16-42)24-50(34)40(52)36(26(3)4)48-41(53)54-6;;;;/h9-14,19,22,25-27,34-36H,15-18,20-21,23-24H2,1-6H3,(H,44,47)(H,45,46)(H,48,53);4*1H2/t27-,34-,35-,36-;;;;/m0..../s1/i9D,10D,12D,13D;;;;. The number of methoxy groups -OCH3 is 1. The van der Waals surface area contributed by atoms with Gasteiger partial charge in [0.15, 0.2) is 0 Å². The monoisotopic (exact) mass is 869 g/mol. The minimum absolute atomic E-state index is 0. The van der Waals surface area contributed by atoms with Gasteiger partial charge in [-0.3, -0.25) is 9.59 Å². The number of hydrogen-bond donors (Lipinski definition) is 3. The molecule has 8 rings (SSSR count). The van der Waals surface area contributed by atoms with E-state index in [-0.39, 0.29) is 136 Å². The highest BCUT2D eigenvalue weighted by Gasteiger charge is 2.56. The fourth-order valence-electron chi connectivity index (χ4n) is 8.11. The normalized spacial score (nSPS) is 21.2. The van der Waals surface area contributed by atoms with Crippen molar-refractivity contribution in [2.24, 2.45) is 28.6 Å². The number of nitrogens with one attached hydrogen (secondary N) is 3. The minimum Gasteiger partial charge on any atom is -0.453 e. The Morgan fingerprint density at radius 1 is 0.828 bits per heavy atom. The second kappa shape index (κ2) is 18.3. The van der Waals surface area contributed by atoms with Crippen LogP contribution < -0.4 is 5.32 Å². The van der Waals surface area contributed by atoms with E-state index in [2.05, 4.69) is 46.0 Å². The molecule has 4 aromatic rings. The van der Waals surface area contributed by atoms with E-state index < -0.39 is 18.2 Å². The van der Waals surface area contributed by atoms with Gasteiger partial charge in [-0.2, -0.15) is 54.0 Å². The number of aromatic amines is 2. The highest BCUT2D eigenvalue weighted by molar-refractivity contribution is 7.59. The Bertz CT molecular complexity index is 2380. The van der Waals surface area contributed by atoms with Crippen molar-refractivity contribution in [2.45, 2.75) is 91.3 Å². The van der Waals surface area contributed by atoms with Gasteiger partial charge in [-0.05, 0) is 97.0 Å². The topological polar surface area (TPSA) is 136 Å². The van der Waals surface area contributed by atoms with Gasteiger partial charge in [-0.15, -0.1) is 0 Å². The van der Waals surface area contributed by atoms with Gasteiger partial charge in [-0.1, -0.05) is 58.5 Å². The lowest BCUT2D eigenvalue weighted by Crippen LogP contribution is -2.51. The van der Waals surface area contributed by atoms with Crippen LogP contribution in [0.1, 0.15) is 113 Å². The van der Waals surface area contributed by atoms with Gasteiger partial charge < -0.3 is 29.8 Å². The first kappa shape index (κ1) is 41.0. The Kier molecular flexibility index (Phi) is 12.9. The van der Waals surface area contributed by atoms with E-state index in [1.165, 1.54) is 13.3 Å². The highest BCUT2D eigenvalue weighted by Crippen LogP contribution is 2.59. The first-order valence-electron chi connectivity index (χ1n) is 21.2. The number of H-pyrrole nitrogens is 2. The number of carbonyl (C=O) groups is 3. The molecule has 58 heavy (non-hydrogen) atoms. The second-order valence-corrected chi connectivity index (χ2v) is 16.8. The maximum Gasteiger partial charge on any atom is 0.407 e. The summed E-state index contributed by atoms with van der Waals surface area (Å²) in [6.07, 6.45) is 6.60. The Labute approximate surface area is 375 Å². The highest BCUT2D eigenvalue weighted by atomic mass is 32.1. The van der Waals surface area contributed by atoms with Gasteiger partial charge in [0, 0.05) is 30.1 Å². The van der Waals surface area contributed by atoms with E-state index >= 15 is 0 Å². The first-order chi connectivity index (χ1) is 27.5. The smallest absolute Gasteiger partial charge is 0.407 e. The molecule has 4 fully saturated rings. The Hall–Kier alpha value is -3.71. The lowest BCUT2D eigenvalue weighted by molar-refractivity contribution is -0.137. The largest absolute Gasteiger partial charge is 0.453 e. The van der Waals surface area contributed by atoms with Crippen LogP contribution >= 0.6 is 54.0 Å². The van der Waals surface area contributed by atoms with Crippen molar-refractivity contribution in [2.75, 3.05) is 20.2 Å². The van der Waals surface area contributed by atoms with Crippen LogP contribution in [0, 0.1) is 40.4 Å². The number of carbonyl (C=O) groups excluding carboxylic acids is 3. The number of amides is 3. The molecule has 2 aromatic carbocycles. The maximum absolute atomic E-state index is 13.9. The third-order valence-corrected chi connectivity index (χ3v) is 12.2. The van der Waals surface area contributed by atoms with Crippen LogP contribution in [0.15, 0.2) is 48.6 Å². The van der Waals surface area contributed by atoms with Crippen molar-refractivity contribution in [3.8, 4) is 23.1 Å². The molecule has 2 aliphatic heterocycles. The average molecular weight is 870 g/mol. The molecular formula is C43H59N7O4S4. The van der Waals surface area contributed by atoms with Gasteiger partial charge in [0.2, 0.25) is 11.8 Å². The Balaban J connectivity index is 0.00000211. The molecule has 4 aliphatic rings. The molecule has 2 aliphatic carbocycles. The summed E-state index contributed by atoms with van der Waals surface area (Å²) in [4.78, 5) is 59.5. The van der Waals surface area contributed by atoms with Crippen molar-refractivity contribution in [1.82, 2.24) is 35.1 Å². The zero-order valence-electron chi connectivity index (χ0n) is 37.9. The summed E-state index contributed by atoms with van der Waals surface area (Å²) < 4.78 is 40.4. The van der Waals surface area contributed by atoms with Crippen molar-refractivity contribution in [3.63, 3.8) is 0 Å². The third-order valence-electron chi connectivity index (χ3n) is 12.2. The molecule has 4 atom stereocenters. The molecule has 4 heterocycles. The van der Waals surface area contributed by atoms with E-state index in [0.29, 0.717) is 30.0 Å². The predicted molar refractivity (Wildman–Crippen MR) is 247 cm³/mol. The second-order valence-electron chi connectivity index (χ2n) is 16.8. The van der Waals surface area contributed by atoms with Crippen molar-refractivity contribution < 1.29 is 24.6 Å². The van der Waals surface area contributed by atoms with E-state index in [1.807, 2.05) is 43.9 Å². The molecule has 0 bridgehead atoms. The van der Waals surface area contributed by atoms with Crippen molar-refractivity contribution in [1.29, 1.82) is 0 Å². The number of nitrogens with zero attached hydrogens (tertiary/aromatic N) is 4. The van der Waals surface area contributed by atoms with Crippen LogP contribution in [0.2, 0.25) is 0 Å². The van der Waals surface area contributed by atoms with E-state index in [0.717, 1.165) is 55.5 Å². The van der Waals surface area contributed by atoms with Crippen LogP contribution in [0.4, 0.5) is 4.79 Å². The summed E-state index contributed by atoms with van der Waals surface area (Å²) in [6.45, 7) is 11.2. The molecule has 3 N–H and O–H groups in total. The van der Waals surface area contributed by atoms with Gasteiger partial charge in [0.25, 0.3) is 0 Å². The van der Waals surface area contributed by atoms with Gasteiger partial charge in [0.05, 0.1) is 47.6 Å². The molecule has 2 saturated heterocycles. The van der Waals surface area contributed by atoms with Crippen LogP contribution in [-0.2, 0) is 14.3 Å². The zero-order valence-corrected chi connectivity index (χ0v) is 37.9. The molecule has 2 aromatic heterocycles. The summed E-state index contributed by atoms with van der Waals surface area (Å²) in [5, 5.41) is 2.68. The van der Waals surface area contributed by atoms with Crippen molar-refractivity contribution in [3.05, 3.63) is 71.3 Å². The molecule has 11 nitrogen and oxygen atoms in total. The number of imidazole rings is 2. The summed E-state index contributed by atoms with van der Waals surface area (Å²) in [6, 6.07) is 3.13. The number of rotatable bonds is 8. The number of alkyl carbamates (subject to hydrolysis) is 1. The Morgan fingerprint density at radius 2 is 1.41 bits per heavy atom. The summed E-state index contributed by atoms with van der Waals surface area (Å²) in [5.74, 6) is 7.10. The number of benzene rings is 2. The van der Waals surface area contributed by atoms with Gasteiger partial charge in [0.1, 0.15) is 17.7 Å². The minimum atomic E-state index is -0.796. The first-order valence-corrected chi connectivity index (χ1v) is 19.2. The van der Waals surface area contributed by atoms with E-state index in [9.17, 15) is 14.4 Å². The SMILES string of the molecule is S.S.S.S.[2H]c1c([2H])c(-c2cnc([C@@H]3CC4(CC4)CN3C(=O)[C@@H](NC(=O)OC)C(C)C)[nH]2)c([2H])c([2H])c1C#Cc1ccc2nc([C@@H]3CC4(CC4)CN3C(=O)[C@@H](C)C(C)C)[nH]c2c1. The van der Waals surface area contributed by atoms with Crippen molar-refractivity contribution >= 4 is 82.9 Å². The van der Waals surface area contributed by atoms with Gasteiger partial charge in [-0.25, -0.2) is 14.8 Å². The van der Waals surface area contributed by atoms with E-state index in [1.54, 1.807) is 4.90 Å². The maximum atomic E-state index is 13.9. The van der Waals surface area contributed by atoms with Crippen LogP contribution in [0.5, 0.6) is 0 Å². The third kappa shape index (κ3) is 9.35. The summed E-state index contributed by atoms with van der Waals surface area (Å²) >= 11 is 0. The molecule has 2 saturated carbocycles. The predicted octanol–water partition coefficient (Wildman–Crippen LogP) is 7.58. The number of likely N-dealkylation sites (tertiary alicyclic amines) is 2. The number of ether oxygens (including phenoxy) is 1. The summed E-state index contributed by atoms with van der Waals surface area (Å²) in [5.41, 5.74) is 2.64. The molecule has 0 unspecified atom stereocenters. The van der Waals surface area contributed by atoms with Crippen LogP contribution in [0.3, 0.4) is 0 Å². The van der Waals surface area contributed by atoms with Gasteiger partial charge >= 0.3 is 6.09 Å². The number of aromatic nitrogens is 4. The zero-order chi connectivity index (χ0) is 41.4. The molecule has 2 spiro atoms.